The second-order valence-corrected chi connectivity index (χ2v) is 10.8. The highest BCUT2D eigenvalue weighted by atomic mass is 32.2. The molecule has 0 aromatic heterocycles. The maximum atomic E-state index is 13.7. The second-order valence-electron chi connectivity index (χ2n) is 7.31. The van der Waals surface area contributed by atoms with Crippen LogP contribution in [0.5, 0.6) is 0 Å². The molecule has 0 fully saturated rings. The van der Waals surface area contributed by atoms with Crippen molar-refractivity contribution in [2.75, 3.05) is 0 Å². The molecule has 0 aliphatic rings. The highest BCUT2D eigenvalue weighted by Crippen LogP contribution is 2.54. The van der Waals surface area contributed by atoms with Gasteiger partial charge in [-0.15, -0.1) is 0 Å². The third-order valence-corrected chi connectivity index (χ3v) is 7.52. The van der Waals surface area contributed by atoms with E-state index in [1.165, 1.54) is 36.4 Å². The van der Waals surface area contributed by atoms with Crippen LogP contribution in [0.4, 0.5) is 5.69 Å². The molecule has 168 valence electrons. The van der Waals surface area contributed by atoms with E-state index in [9.17, 15) is 23.1 Å². The first-order valence-corrected chi connectivity index (χ1v) is 12.5. The van der Waals surface area contributed by atoms with E-state index in [2.05, 4.69) is 4.40 Å². The fourth-order valence-corrected chi connectivity index (χ4v) is 6.02. The molecule has 0 saturated heterocycles. The van der Waals surface area contributed by atoms with Crippen LogP contribution >= 0.6 is 7.60 Å². The molecule has 2 aromatic rings. The molecule has 0 bridgehead atoms. The summed E-state index contributed by atoms with van der Waals surface area (Å²) in [5.41, 5.74) is 0.278. The molecule has 0 aliphatic heterocycles. The zero-order valence-corrected chi connectivity index (χ0v) is 19.6. The predicted octanol–water partition coefficient (Wildman–Crippen LogP) is 5.08. The minimum atomic E-state index is -4.28. The van der Waals surface area contributed by atoms with Gasteiger partial charge in [0.05, 0.1) is 22.0 Å². The van der Waals surface area contributed by atoms with Gasteiger partial charge in [0.2, 0.25) is 0 Å². The first-order valence-electron chi connectivity index (χ1n) is 9.48. The molecule has 0 amide bonds. The molecule has 0 spiro atoms. The smallest absolute Gasteiger partial charge is 0.301 e. The van der Waals surface area contributed by atoms with Gasteiger partial charge in [-0.2, -0.15) is 12.8 Å². The molecule has 2 aromatic carbocycles. The highest BCUT2D eigenvalue weighted by Gasteiger charge is 2.38. The second kappa shape index (κ2) is 9.82. The van der Waals surface area contributed by atoms with Gasteiger partial charge < -0.3 is 9.05 Å². The molecule has 31 heavy (non-hydrogen) atoms. The number of rotatable bonds is 9. The monoisotopic (exact) mass is 468 g/mol. The summed E-state index contributed by atoms with van der Waals surface area (Å²) in [6.07, 6.45) is -1.15. The number of sulfonamides is 1. The summed E-state index contributed by atoms with van der Waals surface area (Å²) in [6.45, 7) is 8.30. The number of hydrogen-bond acceptors (Lipinski definition) is 7. The molecule has 0 atom stereocenters. The summed E-state index contributed by atoms with van der Waals surface area (Å²) in [5, 5.41) is 11.0. The van der Waals surface area contributed by atoms with E-state index in [-0.39, 0.29) is 16.1 Å². The number of non-ortho nitro benzene ring substituents is 1. The van der Waals surface area contributed by atoms with Gasteiger partial charge in [-0.3, -0.25) is 14.7 Å². The van der Waals surface area contributed by atoms with Gasteiger partial charge in [0.25, 0.3) is 15.7 Å². The SMILES string of the molecule is Cc1ccc(S(=O)(=O)/N=C(\c2ccc([N+](=O)[O-])cc2)P(=O)(OC(C)C)OC(C)C)cc1. The number of hydrogen-bond donors (Lipinski definition) is 0. The Morgan fingerprint density at radius 3 is 1.87 bits per heavy atom. The molecule has 0 aliphatic carbocycles. The number of nitro benzene ring substituents is 1. The van der Waals surface area contributed by atoms with Gasteiger partial charge in [-0.1, -0.05) is 17.7 Å². The van der Waals surface area contributed by atoms with Crippen molar-refractivity contribution < 1.29 is 27.0 Å². The third-order valence-electron chi connectivity index (χ3n) is 3.82. The topological polar surface area (TPSA) is 125 Å². The van der Waals surface area contributed by atoms with Crippen molar-refractivity contribution in [1.82, 2.24) is 0 Å². The van der Waals surface area contributed by atoms with Gasteiger partial charge >= 0.3 is 7.60 Å². The van der Waals surface area contributed by atoms with Gasteiger partial charge in [0.1, 0.15) is 0 Å². The normalized spacial score (nSPS) is 13.1. The number of benzene rings is 2. The maximum absolute atomic E-state index is 13.7. The zero-order chi connectivity index (χ0) is 23.4. The van der Waals surface area contributed by atoms with Crippen molar-refractivity contribution >= 4 is 28.8 Å². The molecule has 0 heterocycles. The summed E-state index contributed by atoms with van der Waals surface area (Å²) < 4.78 is 54.7. The standard InChI is InChI=1S/C20H25N2O7PS/c1-14(2)28-30(25,29-15(3)4)20(17-8-10-18(11-9-17)22(23)24)21-31(26,27)19-12-6-16(5)7-13-19/h6-15H,1-5H3/b21-20+. The van der Waals surface area contributed by atoms with Gasteiger partial charge in [-0.25, -0.2) is 0 Å². The van der Waals surface area contributed by atoms with Gasteiger partial charge in [0, 0.05) is 17.7 Å². The van der Waals surface area contributed by atoms with Crippen LogP contribution < -0.4 is 0 Å². The average Bonchev–Trinajstić information content (AvgIpc) is 2.65. The molecule has 11 heteroatoms. The van der Waals surface area contributed by atoms with Crippen LogP contribution in [-0.4, -0.2) is 31.0 Å². The van der Waals surface area contributed by atoms with E-state index in [1.54, 1.807) is 39.8 Å². The molecule has 0 radical (unpaired) electrons. The Labute approximate surface area is 181 Å². The number of nitro groups is 1. The van der Waals surface area contributed by atoms with Crippen LogP contribution in [0.25, 0.3) is 0 Å². The van der Waals surface area contributed by atoms with Crippen molar-refractivity contribution in [2.24, 2.45) is 4.40 Å². The summed E-state index contributed by atoms with van der Waals surface area (Å²) in [6, 6.07) is 10.9. The van der Waals surface area contributed by atoms with Crippen LogP contribution in [-0.2, 0) is 23.6 Å². The molecule has 9 nitrogen and oxygen atoms in total. The van der Waals surface area contributed by atoms with Crippen molar-refractivity contribution in [3.63, 3.8) is 0 Å². The zero-order valence-electron chi connectivity index (χ0n) is 17.9. The van der Waals surface area contributed by atoms with Crippen LogP contribution in [0.15, 0.2) is 57.8 Å². The minimum Gasteiger partial charge on any atom is -0.301 e. The Morgan fingerprint density at radius 1 is 0.968 bits per heavy atom. The lowest BCUT2D eigenvalue weighted by molar-refractivity contribution is -0.384. The van der Waals surface area contributed by atoms with E-state index in [0.29, 0.717) is 0 Å². The van der Waals surface area contributed by atoms with Crippen LogP contribution in [0, 0.1) is 17.0 Å². The lowest BCUT2D eigenvalue weighted by Gasteiger charge is -2.24. The largest absolute Gasteiger partial charge is 0.381 e. The quantitative estimate of drug-likeness (QED) is 0.217. The fraction of sp³-hybridized carbons (Fsp3) is 0.350. The van der Waals surface area contributed by atoms with Crippen LogP contribution in [0.2, 0.25) is 0 Å². The minimum absolute atomic E-state index is 0.0749. The number of aryl methyl sites for hydroxylation is 1. The molecular formula is C20H25N2O7PS. The molecule has 0 saturated carbocycles. The highest BCUT2D eigenvalue weighted by molar-refractivity contribution is 7.91. The van der Waals surface area contributed by atoms with Crippen LogP contribution in [0.3, 0.4) is 0 Å². The Kier molecular flexibility index (Phi) is 7.88. The fourth-order valence-electron chi connectivity index (χ4n) is 2.55. The van der Waals surface area contributed by atoms with Crippen molar-refractivity contribution in [3.05, 3.63) is 69.8 Å². The van der Waals surface area contributed by atoms with E-state index >= 15 is 0 Å². The van der Waals surface area contributed by atoms with Gasteiger partial charge in [-0.05, 0) is 58.9 Å². The lowest BCUT2D eigenvalue weighted by atomic mass is 10.2. The summed E-state index contributed by atoms with van der Waals surface area (Å²) >= 11 is 0. The summed E-state index contributed by atoms with van der Waals surface area (Å²) in [4.78, 5) is 10.3. The van der Waals surface area contributed by atoms with Crippen molar-refractivity contribution in [1.29, 1.82) is 0 Å². The Balaban J connectivity index is 2.74. The summed E-state index contributed by atoms with van der Waals surface area (Å²) in [7, 11) is -8.51. The van der Waals surface area contributed by atoms with Crippen LogP contribution in [0.1, 0.15) is 38.8 Å². The Bertz CT molecular complexity index is 1100. The molecule has 0 unspecified atom stereocenters. The van der Waals surface area contributed by atoms with E-state index in [1.807, 2.05) is 6.92 Å². The first-order chi connectivity index (χ1) is 14.3. The van der Waals surface area contributed by atoms with E-state index < -0.39 is 40.2 Å². The Morgan fingerprint density at radius 2 is 1.45 bits per heavy atom. The van der Waals surface area contributed by atoms with E-state index in [4.69, 9.17) is 9.05 Å². The first kappa shape index (κ1) is 24.9. The number of nitrogens with zero attached hydrogens (tertiary/aromatic N) is 2. The van der Waals surface area contributed by atoms with Gasteiger partial charge in [0.15, 0.2) is 5.45 Å². The maximum Gasteiger partial charge on any atom is 0.381 e. The molecule has 0 N–H and O–H groups in total. The lowest BCUT2D eigenvalue weighted by Crippen LogP contribution is -2.17. The molecular weight excluding hydrogens is 443 g/mol. The van der Waals surface area contributed by atoms with Crippen molar-refractivity contribution in [2.45, 2.75) is 51.7 Å². The average molecular weight is 468 g/mol. The summed E-state index contributed by atoms with van der Waals surface area (Å²) in [5.74, 6) is 0. The van der Waals surface area contributed by atoms with E-state index in [0.717, 1.165) is 5.56 Å². The third kappa shape index (κ3) is 6.54. The molecule has 2 rings (SSSR count). The van der Waals surface area contributed by atoms with Crippen molar-refractivity contribution in [3.8, 4) is 0 Å². The Hall–Kier alpha value is -2.39. The predicted molar refractivity (Wildman–Crippen MR) is 118 cm³/mol.